The van der Waals surface area contributed by atoms with Crippen LogP contribution in [0.25, 0.3) is 0 Å². The van der Waals surface area contributed by atoms with E-state index in [1.54, 1.807) is 0 Å². The quantitative estimate of drug-likeness (QED) is 0.552. The maximum absolute atomic E-state index is 5.30. The fourth-order valence-corrected chi connectivity index (χ4v) is 1.67. The molecule has 1 heterocycles. The zero-order valence-corrected chi connectivity index (χ0v) is 7.07. The third-order valence-electron chi connectivity index (χ3n) is 2.03. The molecule has 1 aliphatic heterocycles. The smallest absolute Gasteiger partial charge is 0.262 e. The molecule has 1 N–H and O–H groups in total. The van der Waals surface area contributed by atoms with Gasteiger partial charge in [0.1, 0.15) is 5.76 Å². The van der Waals surface area contributed by atoms with E-state index in [2.05, 4.69) is 18.3 Å². The van der Waals surface area contributed by atoms with Crippen molar-refractivity contribution in [1.82, 2.24) is 5.32 Å². The molecule has 11 heavy (non-hydrogen) atoms. The minimum absolute atomic E-state index is 0.0775. The van der Waals surface area contributed by atoms with E-state index in [-0.39, 0.29) is 5.54 Å². The lowest BCUT2D eigenvalue weighted by Gasteiger charge is -2.22. The highest BCUT2D eigenvalue weighted by molar-refractivity contribution is 7.80. The van der Waals surface area contributed by atoms with Crippen molar-refractivity contribution in [3.05, 3.63) is 24.0 Å². The van der Waals surface area contributed by atoms with Crippen LogP contribution < -0.4 is 5.32 Å². The van der Waals surface area contributed by atoms with E-state index in [0.717, 1.165) is 12.2 Å². The lowest BCUT2D eigenvalue weighted by molar-refractivity contribution is 0.378. The van der Waals surface area contributed by atoms with Gasteiger partial charge in [-0.25, -0.2) is 0 Å². The minimum atomic E-state index is -0.0775. The highest BCUT2D eigenvalue weighted by atomic mass is 32.1. The minimum Gasteiger partial charge on any atom is -0.434 e. The summed E-state index contributed by atoms with van der Waals surface area (Å²) in [5, 5.41) is 3.61. The Bertz CT molecular complexity index is 269. The predicted molar refractivity (Wildman–Crippen MR) is 47.1 cm³/mol. The lowest BCUT2D eigenvalue weighted by atomic mass is 9.92. The van der Waals surface area contributed by atoms with Crippen LogP contribution in [0.15, 0.2) is 24.0 Å². The highest BCUT2D eigenvalue weighted by Crippen LogP contribution is 2.30. The van der Waals surface area contributed by atoms with Gasteiger partial charge in [0.15, 0.2) is 0 Å². The maximum atomic E-state index is 5.30. The van der Waals surface area contributed by atoms with Crippen molar-refractivity contribution in [3.8, 4) is 0 Å². The van der Waals surface area contributed by atoms with Crippen molar-refractivity contribution in [1.29, 1.82) is 0 Å². The Kier molecular flexibility index (Phi) is 1.29. The first-order valence-corrected chi connectivity index (χ1v) is 3.99. The molecule has 2 nitrogen and oxygen atoms in total. The zero-order chi connectivity index (χ0) is 7.90. The Hall–Kier alpha value is -0.830. The van der Waals surface area contributed by atoms with Crippen molar-refractivity contribution in [2.45, 2.75) is 18.9 Å². The van der Waals surface area contributed by atoms with Gasteiger partial charge in [-0.3, -0.25) is 0 Å². The third-order valence-corrected chi connectivity index (χ3v) is 2.22. The Balaban J connectivity index is 2.37. The molecule has 0 saturated carbocycles. The van der Waals surface area contributed by atoms with Gasteiger partial charge in [-0.1, -0.05) is 12.2 Å². The number of nitrogens with one attached hydrogen (secondary N) is 1. The second kappa shape index (κ2) is 2.08. The largest absolute Gasteiger partial charge is 0.434 e. The van der Waals surface area contributed by atoms with Gasteiger partial charge in [-0.2, -0.15) is 0 Å². The van der Waals surface area contributed by atoms with Gasteiger partial charge in [-0.15, -0.1) is 0 Å². The average Bonchev–Trinajstić information content (AvgIpc) is 2.22. The number of hydrogen-bond acceptors (Lipinski definition) is 2. The first-order valence-electron chi connectivity index (χ1n) is 3.58. The molecule has 1 unspecified atom stereocenters. The van der Waals surface area contributed by atoms with Gasteiger partial charge in [0.25, 0.3) is 5.17 Å². The molecule has 0 bridgehead atoms. The van der Waals surface area contributed by atoms with E-state index in [1.165, 1.54) is 0 Å². The van der Waals surface area contributed by atoms with E-state index in [9.17, 15) is 0 Å². The number of rotatable bonds is 0. The lowest BCUT2D eigenvalue weighted by Crippen LogP contribution is -2.39. The molecule has 3 heteroatoms. The summed E-state index contributed by atoms with van der Waals surface area (Å²) in [6.07, 6.45) is 7.00. The number of ether oxygens (including phenoxy) is 1. The highest BCUT2D eigenvalue weighted by Gasteiger charge is 2.38. The summed E-state index contributed by atoms with van der Waals surface area (Å²) in [4.78, 5) is 0. The van der Waals surface area contributed by atoms with Gasteiger partial charge in [0, 0.05) is 0 Å². The molecular weight excluding hydrogens is 158 g/mol. The van der Waals surface area contributed by atoms with Gasteiger partial charge in [-0.05, 0) is 31.6 Å². The number of allylic oxidation sites excluding steroid dienone is 2. The molecule has 1 fully saturated rings. The molecule has 0 amide bonds. The van der Waals surface area contributed by atoms with Crippen molar-refractivity contribution >= 4 is 17.4 Å². The van der Waals surface area contributed by atoms with Crippen LogP contribution in [0.5, 0.6) is 0 Å². The summed E-state index contributed by atoms with van der Waals surface area (Å²) < 4.78 is 5.30. The molecule has 2 rings (SSSR count). The molecule has 1 saturated heterocycles. The summed E-state index contributed by atoms with van der Waals surface area (Å²) in [5.41, 5.74) is -0.0775. The van der Waals surface area contributed by atoms with Gasteiger partial charge >= 0.3 is 0 Å². The van der Waals surface area contributed by atoms with Crippen LogP contribution in [0.4, 0.5) is 0 Å². The van der Waals surface area contributed by atoms with Crippen LogP contribution in [0, 0.1) is 0 Å². The Morgan fingerprint density at radius 1 is 1.73 bits per heavy atom. The first-order chi connectivity index (χ1) is 5.21. The van der Waals surface area contributed by atoms with Gasteiger partial charge in [0.05, 0.1) is 5.54 Å². The Morgan fingerprint density at radius 2 is 2.55 bits per heavy atom. The second-order valence-electron chi connectivity index (χ2n) is 3.01. The fourth-order valence-electron chi connectivity index (χ4n) is 1.35. The van der Waals surface area contributed by atoms with Crippen LogP contribution >= 0.6 is 12.2 Å². The summed E-state index contributed by atoms with van der Waals surface area (Å²) in [6.45, 7) is 2.08. The monoisotopic (exact) mass is 167 g/mol. The van der Waals surface area contributed by atoms with E-state index in [1.807, 2.05) is 12.2 Å². The molecule has 0 aromatic carbocycles. The second-order valence-corrected chi connectivity index (χ2v) is 3.38. The maximum Gasteiger partial charge on any atom is 0.262 e. The van der Waals surface area contributed by atoms with Crippen LogP contribution in [0.3, 0.4) is 0 Å². The van der Waals surface area contributed by atoms with E-state index in [0.29, 0.717) is 5.17 Å². The summed E-state index contributed by atoms with van der Waals surface area (Å²) >= 11 is 4.90. The van der Waals surface area contributed by atoms with E-state index < -0.39 is 0 Å². The molecule has 2 aliphatic rings. The summed E-state index contributed by atoms with van der Waals surface area (Å²) in [6, 6.07) is 0. The number of fused-ring (bicyclic) bond motifs is 1. The molecule has 0 aromatic rings. The molecule has 0 aromatic heterocycles. The van der Waals surface area contributed by atoms with Crippen molar-refractivity contribution in [2.24, 2.45) is 0 Å². The predicted octanol–water partition coefficient (Wildman–Crippen LogP) is 1.49. The average molecular weight is 167 g/mol. The van der Waals surface area contributed by atoms with Crippen molar-refractivity contribution in [2.75, 3.05) is 0 Å². The number of thiocarbonyl (C=S) groups is 1. The van der Waals surface area contributed by atoms with Gasteiger partial charge < -0.3 is 10.1 Å². The SMILES string of the molecule is CC12CC=CC=C1OC(=S)N2. The van der Waals surface area contributed by atoms with E-state index in [4.69, 9.17) is 17.0 Å². The fraction of sp³-hybridized carbons (Fsp3) is 0.375. The topological polar surface area (TPSA) is 21.3 Å². The normalized spacial score (nSPS) is 33.9. The zero-order valence-electron chi connectivity index (χ0n) is 6.26. The molecular formula is C8H9NOS. The standard InChI is InChI=1S/C8H9NOS/c1-8-5-3-2-4-6(8)10-7(11)9-8/h2-4H,5H2,1H3,(H,9,11). The van der Waals surface area contributed by atoms with Crippen molar-refractivity contribution in [3.63, 3.8) is 0 Å². The molecule has 0 radical (unpaired) electrons. The summed E-state index contributed by atoms with van der Waals surface area (Å²) in [5.74, 6) is 0.935. The van der Waals surface area contributed by atoms with Crippen LogP contribution in [-0.2, 0) is 4.74 Å². The first kappa shape index (κ1) is 6.85. The summed E-state index contributed by atoms with van der Waals surface area (Å²) in [7, 11) is 0. The Labute approximate surface area is 70.9 Å². The van der Waals surface area contributed by atoms with Crippen LogP contribution in [0.2, 0.25) is 0 Å². The molecule has 1 atom stereocenters. The molecule has 58 valence electrons. The molecule has 1 aliphatic carbocycles. The van der Waals surface area contributed by atoms with Crippen molar-refractivity contribution < 1.29 is 4.74 Å². The molecule has 0 spiro atoms. The van der Waals surface area contributed by atoms with Crippen LogP contribution in [0.1, 0.15) is 13.3 Å². The van der Waals surface area contributed by atoms with Gasteiger partial charge in [0.2, 0.25) is 0 Å². The number of hydrogen-bond donors (Lipinski definition) is 1. The van der Waals surface area contributed by atoms with Crippen LogP contribution in [-0.4, -0.2) is 10.7 Å². The Morgan fingerprint density at radius 3 is 3.27 bits per heavy atom. The third kappa shape index (κ3) is 0.959. The van der Waals surface area contributed by atoms with E-state index >= 15 is 0 Å².